The molecule has 4 unspecified atom stereocenters. The quantitative estimate of drug-likeness (QED) is 0.396. The number of hydrogen-bond donors (Lipinski definition) is 0. The molecule has 4 atom stereocenters. The zero-order valence-electron chi connectivity index (χ0n) is 11.7. The van der Waals surface area contributed by atoms with Crippen molar-refractivity contribution in [3.8, 4) is 0 Å². The first kappa shape index (κ1) is 21.7. The van der Waals surface area contributed by atoms with Crippen molar-refractivity contribution in [2.75, 3.05) is 14.2 Å². The predicted molar refractivity (Wildman–Crippen MR) is 66.9 cm³/mol. The van der Waals surface area contributed by atoms with E-state index in [4.69, 9.17) is 10.2 Å². The number of rotatable bonds is 0. The Hall–Kier alpha value is 0.404. The maximum Gasteiger partial charge on any atom is 4.00 e. The smallest absolute Gasteiger partial charge is 1.00 e. The summed E-state index contributed by atoms with van der Waals surface area (Å²) in [6.45, 7) is 0. The third kappa shape index (κ3) is 5.36. The average Bonchev–Trinajstić information content (AvgIpc) is 2.82. The van der Waals surface area contributed by atoms with Gasteiger partial charge in [0.1, 0.15) is 0 Å². The summed E-state index contributed by atoms with van der Waals surface area (Å²) in [5.74, 6) is 3.56. The van der Waals surface area contributed by atoms with Crippen molar-refractivity contribution in [3.05, 3.63) is 30.7 Å². The molecule has 2 nitrogen and oxygen atoms in total. The van der Waals surface area contributed by atoms with Crippen LogP contribution in [-0.4, -0.2) is 14.2 Å². The van der Waals surface area contributed by atoms with Gasteiger partial charge in [-0.2, -0.15) is 20.1 Å². The average molecular weight is 319 g/mol. The second-order valence-electron chi connectivity index (χ2n) is 4.73. The van der Waals surface area contributed by atoms with Gasteiger partial charge in [-0.3, -0.25) is 0 Å². The summed E-state index contributed by atoms with van der Waals surface area (Å²) in [5, 5.41) is 16.5. The van der Waals surface area contributed by atoms with E-state index in [0.29, 0.717) is 0 Å². The Labute approximate surface area is 138 Å². The second-order valence-corrected chi connectivity index (χ2v) is 4.73. The number of allylic oxidation sites excluding steroid dienone is 4. The molecule has 0 amide bonds. The van der Waals surface area contributed by atoms with Crippen LogP contribution < -0.4 is 22.6 Å². The Balaban J connectivity index is 0. The van der Waals surface area contributed by atoms with Crippen molar-refractivity contribution < 1.29 is 44.3 Å². The summed E-state index contributed by atoms with van der Waals surface area (Å²) in [5.41, 5.74) is 0. The van der Waals surface area contributed by atoms with E-state index in [1.807, 2.05) is 0 Å². The first-order valence-electron chi connectivity index (χ1n) is 6.47. The molecule has 3 aliphatic carbocycles. The Morgan fingerprint density at radius 2 is 1.53 bits per heavy atom. The van der Waals surface area contributed by atoms with E-state index in [-0.39, 0.29) is 34.1 Å². The molecule has 0 aliphatic heterocycles. The molecule has 0 bridgehead atoms. The van der Waals surface area contributed by atoms with Crippen molar-refractivity contribution in [2.24, 2.45) is 23.7 Å². The van der Waals surface area contributed by atoms with E-state index < -0.39 is 0 Å². The third-order valence-electron chi connectivity index (χ3n) is 4.06. The van der Waals surface area contributed by atoms with Crippen LogP contribution in [0.25, 0.3) is 0 Å². The Bertz CT molecular complexity index is 269. The molecular formula is C15H23ClO2Ti. The van der Waals surface area contributed by atoms with Crippen molar-refractivity contribution >= 4 is 0 Å². The second kappa shape index (κ2) is 12.2. The van der Waals surface area contributed by atoms with Crippen molar-refractivity contribution in [1.82, 2.24) is 0 Å². The largest absolute Gasteiger partial charge is 4.00 e. The van der Waals surface area contributed by atoms with Gasteiger partial charge in [-0.15, -0.1) is 12.0 Å². The van der Waals surface area contributed by atoms with Crippen molar-refractivity contribution in [1.29, 1.82) is 0 Å². The molecule has 0 saturated heterocycles. The Morgan fingerprint density at radius 3 is 2.21 bits per heavy atom. The standard InChI is InChI=1S/C13H17.2CH3O.ClH.Ti/c1-3-7-12-10(5-1)9-11-6-2-4-8-13(11)12;2*1-2;;/h1,3,5,7,9-13H,2,4,6,8H2;2*1H3;1H;/q3*-1;;+4/p-1. The third-order valence-corrected chi connectivity index (χ3v) is 4.06. The van der Waals surface area contributed by atoms with Crippen LogP contribution >= 0.6 is 0 Å². The molecule has 0 N–H and O–H groups in total. The molecule has 0 spiro atoms. The molecule has 4 heteroatoms. The van der Waals surface area contributed by atoms with Crippen LogP contribution in [0.15, 0.2) is 24.3 Å². The zero-order valence-corrected chi connectivity index (χ0v) is 14.0. The van der Waals surface area contributed by atoms with Gasteiger partial charge in [0.05, 0.1) is 0 Å². The fourth-order valence-electron chi connectivity index (χ4n) is 3.45. The normalized spacial score (nSPS) is 33.1. The minimum atomic E-state index is 0. The molecule has 19 heavy (non-hydrogen) atoms. The monoisotopic (exact) mass is 318 g/mol. The molecule has 106 valence electrons. The van der Waals surface area contributed by atoms with Crippen LogP contribution in [-0.2, 0) is 21.7 Å². The maximum atomic E-state index is 8.25. The first-order valence-corrected chi connectivity index (χ1v) is 6.47. The van der Waals surface area contributed by atoms with Gasteiger partial charge in [0.25, 0.3) is 0 Å². The Morgan fingerprint density at radius 1 is 0.947 bits per heavy atom. The van der Waals surface area contributed by atoms with E-state index in [0.717, 1.165) is 37.9 Å². The van der Waals surface area contributed by atoms with Gasteiger partial charge in [-0.25, -0.2) is 0 Å². The van der Waals surface area contributed by atoms with Crippen molar-refractivity contribution in [2.45, 2.75) is 25.7 Å². The van der Waals surface area contributed by atoms with Gasteiger partial charge in [0.2, 0.25) is 0 Å². The molecule has 0 aromatic carbocycles. The van der Waals surface area contributed by atoms with Gasteiger partial charge in [0, 0.05) is 0 Å². The van der Waals surface area contributed by atoms with Gasteiger partial charge in [-0.1, -0.05) is 49.8 Å². The van der Waals surface area contributed by atoms with Crippen LogP contribution in [0, 0.1) is 30.1 Å². The summed E-state index contributed by atoms with van der Waals surface area (Å²) in [6.07, 6.45) is 17.8. The molecule has 2 fully saturated rings. The minimum Gasteiger partial charge on any atom is -1.00 e. The predicted octanol–water partition coefficient (Wildman–Crippen LogP) is -1.68. The van der Waals surface area contributed by atoms with Crippen LogP contribution in [0.3, 0.4) is 0 Å². The summed E-state index contributed by atoms with van der Waals surface area (Å²) < 4.78 is 0. The zero-order chi connectivity index (χ0) is 12.7. The van der Waals surface area contributed by atoms with E-state index >= 15 is 0 Å². The fraction of sp³-hybridized carbons (Fsp3) is 0.667. The summed E-state index contributed by atoms with van der Waals surface area (Å²) in [7, 11) is 1.50. The summed E-state index contributed by atoms with van der Waals surface area (Å²) >= 11 is 0. The van der Waals surface area contributed by atoms with E-state index in [1.165, 1.54) is 25.7 Å². The molecule has 3 rings (SSSR count). The molecule has 0 heterocycles. The molecular weight excluding hydrogens is 295 g/mol. The van der Waals surface area contributed by atoms with E-state index in [1.54, 1.807) is 0 Å². The van der Waals surface area contributed by atoms with E-state index in [2.05, 4.69) is 30.7 Å². The number of halogens is 1. The minimum absolute atomic E-state index is 0. The Kier molecular flexibility index (Phi) is 13.9. The summed E-state index contributed by atoms with van der Waals surface area (Å²) in [6, 6.07) is 0. The van der Waals surface area contributed by atoms with Gasteiger partial charge >= 0.3 is 21.7 Å². The van der Waals surface area contributed by atoms with Gasteiger partial charge in [0.15, 0.2) is 0 Å². The van der Waals surface area contributed by atoms with Gasteiger partial charge < -0.3 is 29.0 Å². The van der Waals surface area contributed by atoms with E-state index in [9.17, 15) is 0 Å². The number of fused-ring (bicyclic) bond motifs is 3. The van der Waals surface area contributed by atoms with Crippen LogP contribution in [0.2, 0.25) is 0 Å². The molecule has 2 saturated carbocycles. The molecule has 0 aromatic heterocycles. The SMILES string of the molecule is C1=CC2[CH-]C3CCCCC3C2C=C1.C[O-].C[O-].[Cl-].[Ti+4]. The van der Waals surface area contributed by atoms with Crippen LogP contribution in [0.5, 0.6) is 0 Å². The van der Waals surface area contributed by atoms with Gasteiger partial charge in [-0.05, 0) is 5.92 Å². The topological polar surface area (TPSA) is 46.1 Å². The maximum absolute atomic E-state index is 8.25. The van der Waals surface area contributed by atoms with Crippen molar-refractivity contribution in [3.63, 3.8) is 0 Å². The number of hydrogen-bond acceptors (Lipinski definition) is 2. The molecule has 3 aliphatic rings. The fourth-order valence-corrected chi connectivity index (χ4v) is 3.45. The molecule has 0 aromatic rings. The van der Waals surface area contributed by atoms with Crippen LogP contribution in [0.4, 0.5) is 0 Å². The summed E-state index contributed by atoms with van der Waals surface area (Å²) in [4.78, 5) is 0. The molecule has 0 radical (unpaired) electrons. The van der Waals surface area contributed by atoms with Crippen LogP contribution in [0.1, 0.15) is 25.7 Å². The first-order chi connectivity index (χ1) is 8.45.